The molecule has 0 aliphatic carbocycles. The average molecular weight is 359 g/mol. The number of nitrogens with zero attached hydrogens (tertiary/aromatic N) is 1. The van der Waals surface area contributed by atoms with Gasteiger partial charge in [-0.05, 0) is 37.3 Å². The maximum Gasteiger partial charge on any atom is 0.254 e. The van der Waals surface area contributed by atoms with Gasteiger partial charge in [0.05, 0.1) is 11.3 Å². The molecule has 0 unspecified atom stereocenters. The van der Waals surface area contributed by atoms with Crippen LogP contribution in [0.1, 0.15) is 21.6 Å². The molecular formula is C19H16ClFN2O2. The van der Waals surface area contributed by atoms with Crippen LogP contribution in [-0.4, -0.2) is 17.4 Å². The van der Waals surface area contributed by atoms with E-state index in [4.69, 9.17) is 16.0 Å². The van der Waals surface area contributed by atoms with E-state index < -0.39 is 11.7 Å². The van der Waals surface area contributed by atoms with Gasteiger partial charge in [0.1, 0.15) is 12.1 Å². The van der Waals surface area contributed by atoms with E-state index in [1.165, 1.54) is 18.2 Å². The Morgan fingerprint density at radius 1 is 1.24 bits per heavy atom. The summed E-state index contributed by atoms with van der Waals surface area (Å²) < 4.78 is 19.1. The normalized spacial score (nSPS) is 10.7. The number of hydrogen-bond acceptors (Lipinski definition) is 3. The second kappa shape index (κ2) is 7.49. The zero-order valence-electron chi connectivity index (χ0n) is 13.6. The summed E-state index contributed by atoms with van der Waals surface area (Å²) in [7, 11) is 0. The van der Waals surface area contributed by atoms with Crippen LogP contribution < -0.4 is 5.32 Å². The molecule has 25 heavy (non-hydrogen) atoms. The Hall–Kier alpha value is -2.66. The van der Waals surface area contributed by atoms with E-state index in [0.717, 1.165) is 11.1 Å². The molecule has 0 spiro atoms. The van der Waals surface area contributed by atoms with E-state index in [0.29, 0.717) is 29.6 Å². The summed E-state index contributed by atoms with van der Waals surface area (Å²) in [5, 5.41) is 2.96. The van der Waals surface area contributed by atoms with Gasteiger partial charge in [-0.1, -0.05) is 29.3 Å². The maximum atomic E-state index is 13.6. The lowest BCUT2D eigenvalue weighted by Gasteiger charge is -2.05. The first-order valence-corrected chi connectivity index (χ1v) is 8.15. The summed E-state index contributed by atoms with van der Waals surface area (Å²) in [5.74, 6) is -0.588. The van der Waals surface area contributed by atoms with Crippen molar-refractivity contribution in [3.63, 3.8) is 0 Å². The number of hydrogen-bond donors (Lipinski definition) is 1. The minimum absolute atomic E-state index is 0.0759. The van der Waals surface area contributed by atoms with Gasteiger partial charge in [-0.25, -0.2) is 9.37 Å². The molecule has 2 aromatic carbocycles. The molecule has 128 valence electrons. The SMILES string of the molecule is Cc1ccc(-c2nc(CCNC(=O)c3cc(Cl)ccc3F)co2)cc1. The van der Waals surface area contributed by atoms with Gasteiger partial charge in [0.15, 0.2) is 0 Å². The Kier molecular flexibility index (Phi) is 5.14. The third-order valence-corrected chi connectivity index (χ3v) is 3.93. The lowest BCUT2D eigenvalue weighted by atomic mass is 10.1. The van der Waals surface area contributed by atoms with E-state index in [9.17, 15) is 9.18 Å². The standard InChI is InChI=1S/C19H16ClFN2O2/c1-12-2-4-13(5-3-12)19-23-15(11-25-19)8-9-22-18(24)16-10-14(20)6-7-17(16)21/h2-7,10-11H,8-9H2,1H3,(H,22,24). The van der Waals surface area contributed by atoms with Crippen molar-refractivity contribution in [1.29, 1.82) is 0 Å². The molecule has 6 heteroatoms. The number of oxazole rings is 1. The number of aromatic nitrogens is 1. The summed E-state index contributed by atoms with van der Waals surface area (Å²) >= 11 is 5.79. The molecule has 1 heterocycles. The lowest BCUT2D eigenvalue weighted by molar-refractivity contribution is 0.0950. The van der Waals surface area contributed by atoms with Crippen molar-refractivity contribution in [2.75, 3.05) is 6.54 Å². The third-order valence-electron chi connectivity index (χ3n) is 3.69. The Balaban J connectivity index is 1.58. The quantitative estimate of drug-likeness (QED) is 0.734. The van der Waals surface area contributed by atoms with Crippen LogP contribution in [0.15, 0.2) is 53.1 Å². The summed E-state index contributed by atoms with van der Waals surface area (Å²) in [6.45, 7) is 2.32. The van der Waals surface area contributed by atoms with Crippen molar-refractivity contribution in [1.82, 2.24) is 10.3 Å². The number of benzene rings is 2. The molecular weight excluding hydrogens is 343 g/mol. The molecule has 3 rings (SSSR count). The molecule has 0 radical (unpaired) electrons. The molecule has 3 aromatic rings. The van der Waals surface area contributed by atoms with Crippen molar-refractivity contribution in [2.24, 2.45) is 0 Å². The molecule has 4 nitrogen and oxygen atoms in total. The highest BCUT2D eigenvalue weighted by atomic mass is 35.5. The minimum atomic E-state index is -0.606. The molecule has 1 aromatic heterocycles. The Morgan fingerprint density at radius 3 is 2.76 bits per heavy atom. The van der Waals surface area contributed by atoms with Gasteiger partial charge in [-0.15, -0.1) is 0 Å². The molecule has 0 saturated heterocycles. The molecule has 0 aliphatic rings. The number of carbonyl (C=O) groups excluding carboxylic acids is 1. The van der Waals surface area contributed by atoms with Crippen molar-refractivity contribution in [3.8, 4) is 11.5 Å². The maximum absolute atomic E-state index is 13.6. The van der Waals surface area contributed by atoms with E-state index in [1.807, 2.05) is 31.2 Å². The first-order valence-electron chi connectivity index (χ1n) is 7.77. The highest BCUT2D eigenvalue weighted by Crippen LogP contribution is 2.19. The topological polar surface area (TPSA) is 55.1 Å². The van der Waals surface area contributed by atoms with Gasteiger partial charge in [0.25, 0.3) is 5.91 Å². The van der Waals surface area contributed by atoms with Crippen LogP contribution in [-0.2, 0) is 6.42 Å². The second-order valence-corrected chi connectivity index (χ2v) is 6.08. The molecule has 0 fully saturated rings. The number of carbonyl (C=O) groups is 1. The minimum Gasteiger partial charge on any atom is -0.444 e. The fourth-order valence-corrected chi connectivity index (χ4v) is 2.49. The van der Waals surface area contributed by atoms with Gasteiger partial charge in [0.2, 0.25) is 5.89 Å². The number of amides is 1. The molecule has 0 bridgehead atoms. The monoisotopic (exact) mass is 358 g/mol. The molecule has 0 atom stereocenters. The predicted octanol–water partition coefficient (Wildman–Crippen LogP) is 4.42. The highest BCUT2D eigenvalue weighted by Gasteiger charge is 2.12. The summed E-state index contributed by atoms with van der Waals surface area (Å²) in [4.78, 5) is 16.4. The van der Waals surface area contributed by atoms with Gasteiger partial charge in [-0.3, -0.25) is 4.79 Å². The van der Waals surface area contributed by atoms with Gasteiger partial charge < -0.3 is 9.73 Å². The van der Waals surface area contributed by atoms with Crippen LogP contribution in [0.25, 0.3) is 11.5 Å². The Morgan fingerprint density at radius 2 is 2.00 bits per heavy atom. The van der Waals surface area contributed by atoms with Gasteiger partial charge in [-0.2, -0.15) is 0 Å². The van der Waals surface area contributed by atoms with Gasteiger partial charge >= 0.3 is 0 Å². The largest absolute Gasteiger partial charge is 0.444 e. The van der Waals surface area contributed by atoms with Crippen LogP contribution >= 0.6 is 11.6 Å². The first kappa shape index (κ1) is 17.2. The average Bonchev–Trinajstić information content (AvgIpc) is 3.06. The van der Waals surface area contributed by atoms with E-state index in [2.05, 4.69) is 10.3 Å². The zero-order chi connectivity index (χ0) is 17.8. The van der Waals surface area contributed by atoms with Crippen LogP contribution in [0.5, 0.6) is 0 Å². The molecule has 0 aliphatic heterocycles. The predicted molar refractivity (Wildman–Crippen MR) is 94.1 cm³/mol. The number of rotatable bonds is 5. The smallest absolute Gasteiger partial charge is 0.254 e. The van der Waals surface area contributed by atoms with Crippen LogP contribution in [0, 0.1) is 12.7 Å². The molecule has 1 amide bonds. The zero-order valence-corrected chi connectivity index (χ0v) is 14.3. The summed E-state index contributed by atoms with van der Waals surface area (Å²) in [6, 6.07) is 11.7. The lowest BCUT2D eigenvalue weighted by Crippen LogP contribution is -2.26. The van der Waals surface area contributed by atoms with Crippen LogP contribution in [0.3, 0.4) is 0 Å². The van der Waals surface area contributed by atoms with Gasteiger partial charge in [0, 0.05) is 23.6 Å². The molecule has 1 N–H and O–H groups in total. The highest BCUT2D eigenvalue weighted by molar-refractivity contribution is 6.31. The van der Waals surface area contributed by atoms with Crippen LogP contribution in [0.4, 0.5) is 4.39 Å². The third kappa shape index (κ3) is 4.25. The second-order valence-electron chi connectivity index (χ2n) is 5.64. The Labute approximate surface area is 149 Å². The summed E-state index contributed by atoms with van der Waals surface area (Å²) in [5.41, 5.74) is 2.68. The Bertz CT molecular complexity index is 891. The fraction of sp³-hybridized carbons (Fsp3) is 0.158. The number of aryl methyl sites for hydroxylation is 1. The van der Waals surface area contributed by atoms with E-state index in [-0.39, 0.29) is 5.56 Å². The fourth-order valence-electron chi connectivity index (χ4n) is 2.32. The van der Waals surface area contributed by atoms with E-state index in [1.54, 1.807) is 6.26 Å². The first-order chi connectivity index (χ1) is 12.0. The van der Waals surface area contributed by atoms with Crippen molar-refractivity contribution in [2.45, 2.75) is 13.3 Å². The number of halogens is 2. The van der Waals surface area contributed by atoms with Crippen molar-refractivity contribution in [3.05, 3.63) is 76.4 Å². The van der Waals surface area contributed by atoms with Crippen molar-refractivity contribution >= 4 is 17.5 Å². The molecule has 0 saturated carbocycles. The summed E-state index contributed by atoms with van der Waals surface area (Å²) in [6.07, 6.45) is 2.03. The van der Waals surface area contributed by atoms with E-state index >= 15 is 0 Å². The number of nitrogens with one attached hydrogen (secondary N) is 1. The van der Waals surface area contributed by atoms with Crippen LogP contribution in [0.2, 0.25) is 5.02 Å². The van der Waals surface area contributed by atoms with Crippen molar-refractivity contribution < 1.29 is 13.6 Å².